The van der Waals surface area contributed by atoms with E-state index in [-0.39, 0.29) is 0 Å². The maximum atomic E-state index is 12.0. The Morgan fingerprint density at radius 2 is 2.00 bits per heavy atom. The zero-order chi connectivity index (χ0) is 13.3. The lowest BCUT2D eigenvalue weighted by Gasteiger charge is -2.07. The molecule has 0 bridgehead atoms. The quantitative estimate of drug-likeness (QED) is 0.782. The molecule has 0 unspecified atom stereocenters. The molecule has 0 saturated carbocycles. The van der Waals surface area contributed by atoms with Crippen LogP contribution in [0.5, 0.6) is 0 Å². The second-order valence-corrected chi connectivity index (χ2v) is 7.70. The first-order chi connectivity index (χ1) is 8.37. The van der Waals surface area contributed by atoms with Crippen molar-refractivity contribution in [1.82, 2.24) is 13.8 Å². The standard InChI is InChI=1S/C9H5Cl4N3OS/c10-6-2-1-3-7(4-6)15-5-14-16(8(15)17)18-9(11,12)13/h1-5H. The Morgan fingerprint density at radius 1 is 1.28 bits per heavy atom. The van der Waals surface area contributed by atoms with Crippen LogP contribution in [0.2, 0.25) is 5.02 Å². The van der Waals surface area contributed by atoms with Gasteiger partial charge in [0.15, 0.2) is 0 Å². The van der Waals surface area contributed by atoms with E-state index in [4.69, 9.17) is 46.4 Å². The Labute approximate surface area is 127 Å². The first kappa shape index (κ1) is 14.1. The van der Waals surface area contributed by atoms with Crippen molar-refractivity contribution >= 4 is 58.4 Å². The predicted molar refractivity (Wildman–Crippen MR) is 76.1 cm³/mol. The van der Waals surface area contributed by atoms with Gasteiger partial charge in [0.05, 0.1) is 5.69 Å². The van der Waals surface area contributed by atoms with Crippen LogP contribution in [0.4, 0.5) is 0 Å². The molecule has 0 aliphatic carbocycles. The van der Waals surface area contributed by atoms with Gasteiger partial charge in [-0.3, -0.25) is 0 Å². The Bertz CT molecular complexity index is 619. The van der Waals surface area contributed by atoms with Crippen molar-refractivity contribution in [3.05, 3.63) is 46.1 Å². The molecule has 0 amide bonds. The van der Waals surface area contributed by atoms with Crippen LogP contribution in [0, 0.1) is 0 Å². The molecule has 96 valence electrons. The maximum Gasteiger partial charge on any atom is 0.361 e. The summed E-state index contributed by atoms with van der Waals surface area (Å²) in [6, 6.07) is 6.79. The summed E-state index contributed by atoms with van der Waals surface area (Å²) >= 11 is 23.3. The fourth-order valence-electron chi connectivity index (χ4n) is 1.25. The van der Waals surface area contributed by atoms with Gasteiger partial charge in [0.2, 0.25) is 0 Å². The molecule has 1 heterocycles. The highest BCUT2D eigenvalue weighted by molar-refractivity contribution is 8.03. The van der Waals surface area contributed by atoms with Gasteiger partial charge in [0.25, 0.3) is 3.12 Å². The fraction of sp³-hybridized carbons (Fsp3) is 0.111. The normalized spacial score (nSPS) is 11.8. The van der Waals surface area contributed by atoms with E-state index >= 15 is 0 Å². The molecular formula is C9H5Cl4N3OS. The number of hydrogen-bond donors (Lipinski definition) is 0. The summed E-state index contributed by atoms with van der Waals surface area (Å²) in [5.41, 5.74) is 0.150. The maximum absolute atomic E-state index is 12.0. The highest BCUT2D eigenvalue weighted by Crippen LogP contribution is 2.38. The molecule has 4 nitrogen and oxygen atoms in total. The minimum Gasteiger partial charge on any atom is -0.249 e. The zero-order valence-electron chi connectivity index (χ0n) is 8.56. The molecular weight excluding hydrogens is 340 g/mol. The average molecular weight is 345 g/mol. The Hall–Kier alpha value is -0.330. The summed E-state index contributed by atoms with van der Waals surface area (Å²) in [6.45, 7) is 0. The summed E-state index contributed by atoms with van der Waals surface area (Å²) in [6.07, 6.45) is 1.33. The molecule has 1 aromatic heterocycles. The highest BCUT2D eigenvalue weighted by Gasteiger charge is 2.24. The first-order valence-corrected chi connectivity index (χ1v) is 6.84. The number of rotatable bonds is 2. The molecule has 2 aromatic rings. The second-order valence-electron chi connectivity index (χ2n) is 3.17. The molecule has 9 heteroatoms. The summed E-state index contributed by atoms with van der Waals surface area (Å²) < 4.78 is 0.639. The summed E-state index contributed by atoms with van der Waals surface area (Å²) in [5.74, 6) is 0. The zero-order valence-corrected chi connectivity index (χ0v) is 12.4. The summed E-state index contributed by atoms with van der Waals surface area (Å²) in [7, 11) is 0. The van der Waals surface area contributed by atoms with Crippen LogP contribution < -0.4 is 5.69 Å². The van der Waals surface area contributed by atoms with Gasteiger partial charge < -0.3 is 0 Å². The number of nitrogens with zero attached hydrogens (tertiary/aromatic N) is 3. The van der Waals surface area contributed by atoms with Gasteiger partial charge in [-0.1, -0.05) is 52.5 Å². The molecule has 0 aliphatic heterocycles. The van der Waals surface area contributed by atoms with Crippen molar-refractivity contribution in [3.8, 4) is 5.69 Å². The molecule has 0 saturated heterocycles. The van der Waals surface area contributed by atoms with E-state index in [1.165, 1.54) is 10.9 Å². The van der Waals surface area contributed by atoms with Crippen molar-refractivity contribution in [2.75, 3.05) is 0 Å². The van der Waals surface area contributed by atoms with E-state index in [1.54, 1.807) is 24.3 Å². The average Bonchev–Trinajstić information content (AvgIpc) is 2.58. The third-order valence-corrected chi connectivity index (χ3v) is 3.40. The van der Waals surface area contributed by atoms with Gasteiger partial charge >= 0.3 is 5.69 Å². The van der Waals surface area contributed by atoms with Crippen molar-refractivity contribution < 1.29 is 0 Å². The van der Waals surface area contributed by atoms with E-state index in [1.807, 2.05) is 0 Å². The van der Waals surface area contributed by atoms with Crippen LogP contribution in [-0.4, -0.2) is 16.9 Å². The number of halogens is 4. The van der Waals surface area contributed by atoms with Gasteiger partial charge in [0.1, 0.15) is 6.33 Å². The van der Waals surface area contributed by atoms with Crippen LogP contribution in [0.15, 0.2) is 35.4 Å². The van der Waals surface area contributed by atoms with Gasteiger partial charge in [-0.05, 0) is 18.2 Å². The van der Waals surface area contributed by atoms with Crippen LogP contribution in [0.1, 0.15) is 0 Å². The summed E-state index contributed by atoms with van der Waals surface area (Å²) in [5, 5.41) is 4.36. The minimum absolute atomic E-state index is 0.436. The van der Waals surface area contributed by atoms with Gasteiger partial charge in [-0.2, -0.15) is 0 Å². The highest BCUT2D eigenvalue weighted by atomic mass is 35.6. The lowest BCUT2D eigenvalue weighted by atomic mass is 10.3. The Kier molecular flexibility index (Phi) is 4.18. The monoisotopic (exact) mass is 343 g/mol. The first-order valence-electron chi connectivity index (χ1n) is 4.56. The SMILES string of the molecule is O=c1n(-c2cccc(Cl)c2)cnn1SC(Cl)(Cl)Cl. The smallest absolute Gasteiger partial charge is 0.249 e. The molecule has 2 rings (SSSR count). The molecule has 0 aliphatic rings. The predicted octanol–water partition coefficient (Wildman–Crippen LogP) is 3.51. The fourth-order valence-corrected chi connectivity index (χ4v) is 2.48. The Balaban J connectivity index is 2.40. The molecule has 1 aromatic carbocycles. The molecule has 0 fully saturated rings. The van der Waals surface area contributed by atoms with Crippen molar-refractivity contribution in [3.63, 3.8) is 0 Å². The van der Waals surface area contributed by atoms with Gasteiger partial charge in [0, 0.05) is 17.0 Å². The third-order valence-electron chi connectivity index (χ3n) is 1.92. The van der Waals surface area contributed by atoms with E-state index < -0.39 is 8.81 Å². The second kappa shape index (κ2) is 5.35. The van der Waals surface area contributed by atoms with E-state index in [0.717, 1.165) is 4.09 Å². The molecule has 18 heavy (non-hydrogen) atoms. The molecule has 0 atom stereocenters. The van der Waals surface area contributed by atoms with Crippen molar-refractivity contribution in [1.29, 1.82) is 0 Å². The largest absolute Gasteiger partial charge is 0.361 e. The molecule has 0 radical (unpaired) electrons. The third kappa shape index (κ3) is 3.36. The van der Waals surface area contributed by atoms with Crippen molar-refractivity contribution in [2.24, 2.45) is 0 Å². The van der Waals surface area contributed by atoms with Crippen molar-refractivity contribution in [2.45, 2.75) is 3.12 Å². The number of benzene rings is 1. The topological polar surface area (TPSA) is 39.8 Å². The van der Waals surface area contributed by atoms with Crippen LogP contribution >= 0.6 is 58.4 Å². The molecule has 0 spiro atoms. The number of hydrogen-bond acceptors (Lipinski definition) is 3. The number of aromatic nitrogens is 3. The van der Waals surface area contributed by atoms with E-state index in [2.05, 4.69) is 5.10 Å². The van der Waals surface area contributed by atoms with E-state index in [0.29, 0.717) is 22.7 Å². The van der Waals surface area contributed by atoms with Crippen LogP contribution in [0.3, 0.4) is 0 Å². The van der Waals surface area contributed by atoms with Crippen LogP contribution in [0.25, 0.3) is 5.69 Å². The van der Waals surface area contributed by atoms with E-state index in [9.17, 15) is 4.79 Å². The lowest BCUT2D eigenvalue weighted by Crippen LogP contribution is -2.22. The summed E-state index contributed by atoms with van der Waals surface area (Å²) in [4.78, 5) is 12.0. The van der Waals surface area contributed by atoms with Crippen LogP contribution in [-0.2, 0) is 0 Å². The number of alkyl halides is 3. The Morgan fingerprint density at radius 3 is 2.61 bits per heavy atom. The molecule has 0 N–H and O–H groups in total. The van der Waals surface area contributed by atoms with Gasteiger partial charge in [-0.15, -0.1) is 9.19 Å². The lowest BCUT2D eigenvalue weighted by molar-refractivity contribution is 0.936. The minimum atomic E-state index is -1.66. The van der Waals surface area contributed by atoms with Gasteiger partial charge in [-0.25, -0.2) is 9.36 Å².